The maximum absolute atomic E-state index is 12.9. The number of carbonyl (C=O) groups is 1. The summed E-state index contributed by atoms with van der Waals surface area (Å²) in [6.45, 7) is 2.94. The lowest BCUT2D eigenvalue weighted by molar-refractivity contribution is -0.132. The maximum atomic E-state index is 12.9. The van der Waals surface area contributed by atoms with Crippen molar-refractivity contribution in [2.75, 3.05) is 25.1 Å². The molecular formula is C15H21FN2OS. The van der Waals surface area contributed by atoms with Crippen molar-refractivity contribution >= 4 is 17.7 Å². The van der Waals surface area contributed by atoms with Gasteiger partial charge in [-0.05, 0) is 24.6 Å². The first kappa shape index (κ1) is 15.3. The zero-order chi connectivity index (χ0) is 14.5. The van der Waals surface area contributed by atoms with Crippen molar-refractivity contribution in [3.63, 3.8) is 0 Å². The summed E-state index contributed by atoms with van der Waals surface area (Å²) in [5.74, 6) is 1.98. The normalized spacial score (nSPS) is 20.4. The van der Waals surface area contributed by atoms with E-state index in [1.807, 2.05) is 25.7 Å². The highest BCUT2D eigenvalue weighted by Crippen LogP contribution is 2.21. The summed E-state index contributed by atoms with van der Waals surface area (Å²) in [4.78, 5) is 14.0. The minimum absolute atomic E-state index is 0.0423. The van der Waals surface area contributed by atoms with Crippen molar-refractivity contribution < 1.29 is 9.18 Å². The number of nitrogens with one attached hydrogen (secondary N) is 1. The van der Waals surface area contributed by atoms with Gasteiger partial charge in [-0.25, -0.2) is 4.39 Å². The van der Waals surface area contributed by atoms with Crippen LogP contribution in [0.25, 0.3) is 0 Å². The lowest BCUT2D eigenvalue weighted by Crippen LogP contribution is -2.42. The molecule has 0 bridgehead atoms. The Morgan fingerprint density at radius 1 is 1.50 bits per heavy atom. The van der Waals surface area contributed by atoms with Gasteiger partial charge in [0.1, 0.15) is 5.82 Å². The predicted molar refractivity (Wildman–Crippen MR) is 81.3 cm³/mol. The number of rotatable bonds is 4. The number of hydrogen-bond acceptors (Lipinski definition) is 3. The lowest BCUT2D eigenvalue weighted by Gasteiger charge is -2.29. The van der Waals surface area contributed by atoms with Crippen molar-refractivity contribution in [3.05, 3.63) is 35.6 Å². The predicted octanol–water partition coefficient (Wildman–Crippen LogP) is 2.44. The molecule has 3 nitrogen and oxygen atoms in total. The van der Waals surface area contributed by atoms with E-state index in [0.717, 1.165) is 23.6 Å². The fourth-order valence-electron chi connectivity index (χ4n) is 2.29. The molecule has 0 spiro atoms. The molecule has 1 amide bonds. The maximum Gasteiger partial charge on any atom is 0.224 e. The molecule has 1 fully saturated rings. The summed E-state index contributed by atoms with van der Waals surface area (Å²) in [5.41, 5.74) is 0.952. The second-order valence-electron chi connectivity index (χ2n) is 5.16. The molecule has 1 aromatic rings. The van der Waals surface area contributed by atoms with Crippen molar-refractivity contribution in [2.45, 2.75) is 25.4 Å². The Kier molecular flexibility index (Phi) is 5.43. The van der Waals surface area contributed by atoms with Crippen molar-refractivity contribution in [1.82, 2.24) is 10.2 Å². The van der Waals surface area contributed by atoms with Gasteiger partial charge in [0.2, 0.25) is 5.91 Å². The quantitative estimate of drug-likeness (QED) is 0.926. The first-order chi connectivity index (χ1) is 9.58. The van der Waals surface area contributed by atoms with Crippen molar-refractivity contribution in [2.24, 2.45) is 0 Å². The van der Waals surface area contributed by atoms with Crippen molar-refractivity contribution in [3.8, 4) is 0 Å². The average Bonchev–Trinajstić information content (AvgIpc) is 2.47. The first-order valence-electron chi connectivity index (χ1n) is 6.90. The molecule has 1 aliphatic heterocycles. The molecule has 0 saturated carbocycles. The highest BCUT2D eigenvalue weighted by Gasteiger charge is 2.22. The van der Waals surface area contributed by atoms with E-state index in [9.17, 15) is 9.18 Å². The van der Waals surface area contributed by atoms with E-state index in [-0.39, 0.29) is 23.8 Å². The Hall–Kier alpha value is -1.07. The SMILES string of the molecule is CC(c1ccc(F)cc1)N(C)C(=O)CC1CSCCN1. The van der Waals surface area contributed by atoms with Crippen LogP contribution < -0.4 is 5.32 Å². The highest BCUT2D eigenvalue weighted by molar-refractivity contribution is 7.99. The van der Waals surface area contributed by atoms with Crippen LogP contribution in [0.15, 0.2) is 24.3 Å². The topological polar surface area (TPSA) is 32.3 Å². The van der Waals surface area contributed by atoms with Gasteiger partial charge in [0, 0.05) is 37.6 Å². The number of carbonyl (C=O) groups excluding carboxylic acids is 1. The van der Waals surface area contributed by atoms with Gasteiger partial charge in [-0.2, -0.15) is 11.8 Å². The number of hydrogen-bond donors (Lipinski definition) is 1. The van der Waals surface area contributed by atoms with Gasteiger partial charge in [0.05, 0.1) is 6.04 Å². The number of benzene rings is 1. The molecule has 2 rings (SSSR count). The first-order valence-corrected chi connectivity index (χ1v) is 8.05. The Bertz CT molecular complexity index is 446. The smallest absolute Gasteiger partial charge is 0.224 e. The van der Waals surface area contributed by atoms with Crippen LogP contribution in [-0.2, 0) is 4.79 Å². The average molecular weight is 296 g/mol. The highest BCUT2D eigenvalue weighted by atomic mass is 32.2. The summed E-state index contributed by atoms with van der Waals surface area (Å²) in [6.07, 6.45) is 0.523. The Morgan fingerprint density at radius 3 is 2.80 bits per heavy atom. The molecule has 110 valence electrons. The van der Waals surface area contributed by atoms with E-state index in [4.69, 9.17) is 0 Å². The molecule has 5 heteroatoms. The lowest BCUT2D eigenvalue weighted by atomic mass is 10.1. The Morgan fingerprint density at radius 2 is 2.20 bits per heavy atom. The third-order valence-electron chi connectivity index (χ3n) is 3.75. The monoisotopic (exact) mass is 296 g/mol. The summed E-state index contributed by atoms with van der Waals surface area (Å²) < 4.78 is 12.9. The van der Waals surface area contributed by atoms with E-state index in [2.05, 4.69) is 5.32 Å². The largest absolute Gasteiger partial charge is 0.339 e. The molecule has 1 aromatic carbocycles. The van der Waals surface area contributed by atoms with E-state index in [1.54, 1.807) is 17.0 Å². The molecule has 2 unspecified atom stereocenters. The molecule has 20 heavy (non-hydrogen) atoms. The summed E-state index contributed by atoms with van der Waals surface area (Å²) >= 11 is 1.89. The number of halogens is 1. The Balaban J connectivity index is 1.93. The third-order valence-corrected chi connectivity index (χ3v) is 4.88. The van der Waals surface area contributed by atoms with Gasteiger partial charge >= 0.3 is 0 Å². The van der Waals surface area contributed by atoms with Crippen LogP contribution in [0.2, 0.25) is 0 Å². The van der Waals surface area contributed by atoms with Gasteiger partial charge in [-0.15, -0.1) is 0 Å². The molecular weight excluding hydrogens is 275 g/mol. The molecule has 0 radical (unpaired) electrons. The minimum atomic E-state index is -0.252. The second-order valence-corrected chi connectivity index (χ2v) is 6.31. The van der Waals surface area contributed by atoms with Gasteiger partial charge < -0.3 is 10.2 Å². The molecule has 1 heterocycles. The standard InChI is InChI=1S/C15H21FN2OS/c1-11(12-3-5-13(16)6-4-12)18(2)15(19)9-14-10-20-8-7-17-14/h3-6,11,14,17H,7-10H2,1-2H3. The van der Waals surface area contributed by atoms with Crippen LogP contribution in [0, 0.1) is 5.82 Å². The number of nitrogens with zero attached hydrogens (tertiary/aromatic N) is 1. The molecule has 1 N–H and O–H groups in total. The number of amides is 1. The molecule has 1 saturated heterocycles. The van der Waals surface area contributed by atoms with Crippen LogP contribution in [0.3, 0.4) is 0 Å². The van der Waals surface area contributed by atoms with Crippen LogP contribution >= 0.6 is 11.8 Å². The van der Waals surface area contributed by atoms with Crippen LogP contribution in [0.4, 0.5) is 4.39 Å². The van der Waals surface area contributed by atoms with Crippen molar-refractivity contribution in [1.29, 1.82) is 0 Å². The van der Waals surface area contributed by atoms with Gasteiger partial charge in [0.25, 0.3) is 0 Å². The fraction of sp³-hybridized carbons (Fsp3) is 0.533. The van der Waals surface area contributed by atoms with Crippen LogP contribution in [0.1, 0.15) is 24.9 Å². The minimum Gasteiger partial charge on any atom is -0.339 e. The summed E-state index contributed by atoms with van der Waals surface area (Å²) in [7, 11) is 1.81. The van der Waals surface area contributed by atoms with Crippen LogP contribution in [0.5, 0.6) is 0 Å². The van der Waals surface area contributed by atoms with E-state index in [0.29, 0.717) is 6.42 Å². The summed E-state index contributed by atoms with van der Waals surface area (Å²) in [5, 5.41) is 3.37. The molecule has 0 aliphatic carbocycles. The van der Waals surface area contributed by atoms with Crippen LogP contribution in [-0.4, -0.2) is 41.9 Å². The fourth-order valence-corrected chi connectivity index (χ4v) is 3.24. The van der Waals surface area contributed by atoms with E-state index in [1.165, 1.54) is 12.1 Å². The third kappa shape index (κ3) is 3.96. The van der Waals surface area contributed by atoms with Gasteiger partial charge in [-0.1, -0.05) is 12.1 Å². The summed E-state index contributed by atoms with van der Waals surface area (Å²) in [6, 6.07) is 6.56. The zero-order valence-corrected chi connectivity index (χ0v) is 12.8. The molecule has 0 aromatic heterocycles. The molecule has 1 aliphatic rings. The zero-order valence-electron chi connectivity index (χ0n) is 11.9. The second kappa shape index (κ2) is 7.09. The van der Waals surface area contributed by atoms with Gasteiger partial charge in [0.15, 0.2) is 0 Å². The number of thioether (sulfide) groups is 1. The van der Waals surface area contributed by atoms with Gasteiger partial charge in [-0.3, -0.25) is 4.79 Å². The van der Waals surface area contributed by atoms with E-state index < -0.39 is 0 Å². The van der Waals surface area contributed by atoms with E-state index >= 15 is 0 Å². The Labute approximate surface area is 123 Å². The molecule has 2 atom stereocenters.